The lowest BCUT2D eigenvalue weighted by molar-refractivity contribution is -0.162. The van der Waals surface area contributed by atoms with Crippen LogP contribution in [-0.2, 0) is 23.9 Å². The van der Waals surface area contributed by atoms with E-state index in [-0.39, 0.29) is 30.9 Å². The summed E-state index contributed by atoms with van der Waals surface area (Å²) in [7, 11) is 0. The Bertz CT molecular complexity index is 1220. The average Bonchev–Trinajstić information content (AvgIpc) is 3.27. The number of carbonyl (C=O) groups is 3. The zero-order chi connectivity index (χ0) is 28.8. The van der Waals surface area contributed by atoms with E-state index < -0.39 is 41.1 Å². The fourth-order valence-electron chi connectivity index (χ4n) is 7.39. The third-order valence-electron chi connectivity index (χ3n) is 9.34. The summed E-state index contributed by atoms with van der Waals surface area (Å²) in [5.74, 6) is -3.09. The molecule has 2 fully saturated rings. The van der Waals surface area contributed by atoms with Crippen molar-refractivity contribution in [2.45, 2.75) is 83.6 Å². The largest absolute Gasteiger partial charge is 0.465 e. The van der Waals surface area contributed by atoms with E-state index in [1.54, 1.807) is 4.90 Å². The van der Waals surface area contributed by atoms with E-state index in [0.29, 0.717) is 13.0 Å². The van der Waals surface area contributed by atoms with Gasteiger partial charge in [0.05, 0.1) is 25.2 Å². The molecule has 1 aromatic rings. The van der Waals surface area contributed by atoms with Crippen LogP contribution in [0.1, 0.15) is 57.6 Å². The molecule has 4 aliphatic heterocycles. The number of aliphatic hydroxyl groups is 1. The van der Waals surface area contributed by atoms with Crippen LogP contribution in [-0.4, -0.2) is 70.8 Å². The summed E-state index contributed by atoms with van der Waals surface area (Å²) in [5.41, 5.74) is 0.220. The minimum Gasteiger partial charge on any atom is -0.465 e. The van der Waals surface area contributed by atoms with E-state index in [1.165, 1.54) is 4.90 Å². The number of hydrogen-bond donors (Lipinski definition) is 1. The first-order valence-electron chi connectivity index (χ1n) is 14.7. The number of allylic oxidation sites excluding steroid dienone is 1. The molecule has 1 unspecified atom stereocenters. The highest BCUT2D eigenvalue weighted by atomic mass is 16.6. The Kier molecular flexibility index (Phi) is 7.70. The molecule has 8 heteroatoms. The van der Waals surface area contributed by atoms with E-state index in [2.05, 4.69) is 0 Å². The number of para-hydroxylation sites is 1. The zero-order valence-electron chi connectivity index (χ0n) is 24.3. The lowest BCUT2D eigenvalue weighted by atomic mass is 9.73. The van der Waals surface area contributed by atoms with Crippen molar-refractivity contribution in [3.05, 3.63) is 53.6 Å². The highest BCUT2D eigenvalue weighted by Gasteiger charge is 2.76. The van der Waals surface area contributed by atoms with Gasteiger partial charge in [0.25, 0.3) is 5.91 Å². The second-order valence-electron chi connectivity index (χ2n) is 12.0. The number of cyclic esters (lactones) is 1. The van der Waals surface area contributed by atoms with E-state index in [9.17, 15) is 19.5 Å². The molecule has 5 rings (SSSR count). The highest BCUT2D eigenvalue weighted by Crippen LogP contribution is 2.59. The molecule has 4 heterocycles. The first-order valence-corrected chi connectivity index (χ1v) is 14.7. The number of amides is 2. The van der Waals surface area contributed by atoms with Crippen molar-refractivity contribution >= 4 is 23.5 Å². The third kappa shape index (κ3) is 4.22. The van der Waals surface area contributed by atoms with E-state index in [0.717, 1.165) is 36.1 Å². The Hall–Kier alpha value is -2.97. The van der Waals surface area contributed by atoms with Gasteiger partial charge in [0.2, 0.25) is 5.91 Å². The van der Waals surface area contributed by atoms with Crippen molar-refractivity contribution in [2.75, 3.05) is 24.7 Å². The molecular formula is C32H42N2O6. The topological polar surface area (TPSA) is 96.4 Å². The van der Waals surface area contributed by atoms with Crippen molar-refractivity contribution in [2.24, 2.45) is 17.8 Å². The molecule has 6 atom stereocenters. The summed E-state index contributed by atoms with van der Waals surface area (Å²) in [6.45, 7) is 10.0. The minimum absolute atomic E-state index is 0.134. The molecule has 1 N–H and O–H groups in total. The van der Waals surface area contributed by atoms with Gasteiger partial charge in [-0.2, -0.15) is 0 Å². The van der Waals surface area contributed by atoms with Crippen LogP contribution in [0.2, 0.25) is 0 Å². The van der Waals surface area contributed by atoms with Gasteiger partial charge >= 0.3 is 5.97 Å². The fraction of sp³-hybridized carbons (Fsp3) is 0.594. The molecule has 0 saturated carbocycles. The predicted molar refractivity (Wildman–Crippen MR) is 152 cm³/mol. The molecular weight excluding hydrogens is 508 g/mol. The number of aliphatic hydroxyl groups excluding tert-OH is 1. The summed E-state index contributed by atoms with van der Waals surface area (Å²) < 4.78 is 12.8. The van der Waals surface area contributed by atoms with Crippen LogP contribution < -0.4 is 4.90 Å². The molecule has 4 aliphatic rings. The molecule has 2 amide bonds. The number of ether oxygens (including phenoxy) is 2. The van der Waals surface area contributed by atoms with Gasteiger partial charge in [0.15, 0.2) is 0 Å². The number of nitrogens with zero attached hydrogens (tertiary/aromatic N) is 2. The number of rotatable bonds is 5. The van der Waals surface area contributed by atoms with Crippen LogP contribution >= 0.6 is 0 Å². The molecule has 216 valence electrons. The van der Waals surface area contributed by atoms with Crippen LogP contribution in [0.4, 0.5) is 5.69 Å². The number of anilines is 1. The molecule has 8 nitrogen and oxygen atoms in total. The maximum atomic E-state index is 14.8. The number of carbonyl (C=O) groups excluding carboxylic acids is 3. The number of aryl methyl sites for hydroxylation is 2. The lowest BCUT2D eigenvalue weighted by Gasteiger charge is -2.42. The van der Waals surface area contributed by atoms with Gasteiger partial charge in [-0.3, -0.25) is 14.4 Å². The zero-order valence-corrected chi connectivity index (χ0v) is 24.3. The maximum absolute atomic E-state index is 14.8. The summed E-state index contributed by atoms with van der Waals surface area (Å²) in [6, 6.07) is 4.22. The SMILES string of the molecule is CC[C@]12/C=C\CCCCOC(=O)[C@H]1[C@H]1C(=O)N([C@@H](CO)C(C)C)C3C(=O)N(c4c(C)cccc4C)CC=C[C@@]31O2. The van der Waals surface area contributed by atoms with Crippen molar-refractivity contribution in [3.63, 3.8) is 0 Å². The quantitative estimate of drug-likeness (QED) is 0.442. The molecule has 0 aliphatic carbocycles. The van der Waals surface area contributed by atoms with Gasteiger partial charge in [0, 0.05) is 12.2 Å². The van der Waals surface area contributed by atoms with Crippen LogP contribution in [0.25, 0.3) is 0 Å². The first kappa shape index (κ1) is 28.6. The van der Waals surface area contributed by atoms with Crippen LogP contribution in [0.5, 0.6) is 0 Å². The number of benzene rings is 1. The molecule has 0 aromatic heterocycles. The Morgan fingerprint density at radius 2 is 1.75 bits per heavy atom. The standard InChI is InChI=1S/C32H42N2O6/c1-6-31-15-9-7-8-10-18-39-30(38)25(31)24-28(36)34(23(19-35)20(2)3)27-29(37)33(17-12-16-32(24,27)40-31)26-21(4)13-11-14-22(26)5/h9,11-16,20,23-25,27,35H,6-8,10,17-19H2,1-5H3/b15-9-/t23-,24-,25+,27?,31-,32-/m0/s1. The Morgan fingerprint density at radius 1 is 1.02 bits per heavy atom. The summed E-state index contributed by atoms with van der Waals surface area (Å²) in [5, 5.41) is 10.5. The second-order valence-corrected chi connectivity index (χ2v) is 12.0. The second kappa shape index (κ2) is 10.8. The van der Waals surface area contributed by atoms with Gasteiger partial charge in [-0.25, -0.2) is 0 Å². The van der Waals surface area contributed by atoms with Gasteiger partial charge < -0.3 is 24.4 Å². The number of fused-ring (bicyclic) bond motifs is 2. The normalized spacial score (nSPS) is 33.8. The molecule has 1 aromatic carbocycles. The Balaban J connectivity index is 1.73. The van der Waals surface area contributed by atoms with Crippen molar-refractivity contribution in [1.29, 1.82) is 0 Å². The van der Waals surface area contributed by atoms with Crippen molar-refractivity contribution < 1.29 is 29.0 Å². The lowest BCUT2D eigenvalue weighted by Crippen LogP contribution is -2.60. The predicted octanol–water partition coefficient (Wildman–Crippen LogP) is 3.87. The summed E-state index contributed by atoms with van der Waals surface area (Å²) >= 11 is 0. The average molecular weight is 551 g/mol. The van der Waals surface area contributed by atoms with E-state index in [1.807, 2.05) is 77.1 Å². The first-order chi connectivity index (χ1) is 19.1. The number of hydrogen-bond acceptors (Lipinski definition) is 6. The number of likely N-dealkylation sites (tertiary alicyclic amines) is 1. The van der Waals surface area contributed by atoms with Crippen molar-refractivity contribution in [3.8, 4) is 0 Å². The summed E-state index contributed by atoms with van der Waals surface area (Å²) in [4.78, 5) is 46.4. The van der Waals surface area contributed by atoms with Gasteiger partial charge in [0.1, 0.15) is 23.2 Å². The highest BCUT2D eigenvalue weighted by molar-refractivity contribution is 6.06. The molecule has 40 heavy (non-hydrogen) atoms. The van der Waals surface area contributed by atoms with E-state index in [4.69, 9.17) is 9.47 Å². The van der Waals surface area contributed by atoms with Gasteiger partial charge in [-0.15, -0.1) is 0 Å². The Labute approximate surface area is 237 Å². The third-order valence-corrected chi connectivity index (χ3v) is 9.34. The van der Waals surface area contributed by atoms with Gasteiger partial charge in [-0.05, 0) is 56.6 Å². The number of esters is 1. The smallest absolute Gasteiger partial charge is 0.313 e. The van der Waals surface area contributed by atoms with Gasteiger partial charge in [-0.1, -0.05) is 63.3 Å². The van der Waals surface area contributed by atoms with Crippen molar-refractivity contribution in [1.82, 2.24) is 4.90 Å². The molecule has 0 radical (unpaired) electrons. The minimum atomic E-state index is -1.39. The molecule has 0 bridgehead atoms. The molecule has 1 spiro atoms. The molecule has 2 saturated heterocycles. The van der Waals surface area contributed by atoms with Crippen LogP contribution in [0.15, 0.2) is 42.5 Å². The van der Waals surface area contributed by atoms with Crippen LogP contribution in [0, 0.1) is 31.6 Å². The monoisotopic (exact) mass is 550 g/mol. The van der Waals surface area contributed by atoms with E-state index >= 15 is 0 Å². The fourth-order valence-corrected chi connectivity index (χ4v) is 7.39. The summed E-state index contributed by atoms with van der Waals surface area (Å²) in [6.07, 6.45) is 10.6. The van der Waals surface area contributed by atoms with Crippen LogP contribution in [0.3, 0.4) is 0 Å². The maximum Gasteiger partial charge on any atom is 0.313 e. The Morgan fingerprint density at radius 3 is 2.40 bits per heavy atom.